The summed E-state index contributed by atoms with van der Waals surface area (Å²) in [4.78, 5) is 21.6. The highest BCUT2D eigenvalue weighted by molar-refractivity contribution is 7.18. The number of hydrazine groups is 1. The molecule has 108 valence electrons. The van der Waals surface area contributed by atoms with Gasteiger partial charge in [0.1, 0.15) is 10.7 Å². The molecule has 1 fully saturated rings. The Labute approximate surface area is 122 Å². The molecule has 0 unspecified atom stereocenters. The number of fused-ring (bicyclic) bond motifs is 1. The van der Waals surface area contributed by atoms with Gasteiger partial charge in [-0.1, -0.05) is 6.42 Å². The van der Waals surface area contributed by atoms with Crippen molar-refractivity contribution in [1.82, 2.24) is 20.4 Å². The van der Waals surface area contributed by atoms with E-state index in [-0.39, 0.29) is 5.56 Å². The highest BCUT2D eigenvalue weighted by atomic mass is 32.1. The molecule has 1 aliphatic heterocycles. The standard InChI is InChI=1S/C14H20N4OS/c1-9-10(2)20-14-12(9)13(19)16-11(17-14)8-15-18-6-4-3-5-7-18/h15H,3-8H2,1-2H3,(H,16,17,19). The largest absolute Gasteiger partial charge is 0.309 e. The van der Waals surface area contributed by atoms with Crippen LogP contribution < -0.4 is 11.0 Å². The van der Waals surface area contributed by atoms with E-state index in [1.54, 1.807) is 11.3 Å². The first-order valence-corrected chi connectivity index (χ1v) is 7.94. The molecule has 2 aromatic heterocycles. The monoisotopic (exact) mass is 292 g/mol. The minimum atomic E-state index is -0.0210. The summed E-state index contributed by atoms with van der Waals surface area (Å²) in [5, 5.41) is 2.97. The van der Waals surface area contributed by atoms with Crippen LogP contribution in [0.15, 0.2) is 4.79 Å². The Balaban J connectivity index is 1.80. The average Bonchev–Trinajstić information content (AvgIpc) is 2.73. The maximum atomic E-state index is 12.2. The van der Waals surface area contributed by atoms with Crippen molar-refractivity contribution in [3.8, 4) is 0 Å². The van der Waals surface area contributed by atoms with E-state index in [4.69, 9.17) is 0 Å². The number of nitrogens with zero attached hydrogens (tertiary/aromatic N) is 2. The summed E-state index contributed by atoms with van der Waals surface area (Å²) in [6.45, 7) is 6.75. The minimum Gasteiger partial charge on any atom is -0.309 e. The first kappa shape index (κ1) is 13.7. The van der Waals surface area contributed by atoms with Crippen molar-refractivity contribution in [2.45, 2.75) is 39.7 Å². The van der Waals surface area contributed by atoms with Gasteiger partial charge in [-0.25, -0.2) is 15.4 Å². The van der Waals surface area contributed by atoms with Crippen molar-refractivity contribution in [1.29, 1.82) is 0 Å². The highest BCUT2D eigenvalue weighted by Gasteiger charge is 2.13. The van der Waals surface area contributed by atoms with Gasteiger partial charge in [0.25, 0.3) is 5.56 Å². The molecule has 20 heavy (non-hydrogen) atoms. The molecule has 0 aromatic carbocycles. The molecular formula is C14H20N4OS. The molecular weight excluding hydrogens is 272 g/mol. The third-order valence-electron chi connectivity index (χ3n) is 3.91. The van der Waals surface area contributed by atoms with Gasteiger partial charge in [-0.05, 0) is 32.3 Å². The third kappa shape index (κ3) is 2.63. The Morgan fingerprint density at radius 1 is 1.30 bits per heavy atom. The van der Waals surface area contributed by atoms with Gasteiger partial charge in [-0.15, -0.1) is 11.3 Å². The summed E-state index contributed by atoms with van der Waals surface area (Å²) < 4.78 is 0. The molecule has 0 bridgehead atoms. The van der Waals surface area contributed by atoms with Gasteiger partial charge in [0, 0.05) is 18.0 Å². The van der Waals surface area contributed by atoms with Crippen LogP contribution in [-0.2, 0) is 6.54 Å². The second-order valence-corrected chi connectivity index (χ2v) is 6.56. The molecule has 2 N–H and O–H groups in total. The van der Waals surface area contributed by atoms with Crippen molar-refractivity contribution >= 4 is 21.6 Å². The zero-order valence-electron chi connectivity index (χ0n) is 12.0. The van der Waals surface area contributed by atoms with Crippen LogP contribution in [0.4, 0.5) is 0 Å². The van der Waals surface area contributed by atoms with Crippen LogP contribution in [0.25, 0.3) is 10.2 Å². The summed E-state index contributed by atoms with van der Waals surface area (Å²) in [5.41, 5.74) is 4.39. The lowest BCUT2D eigenvalue weighted by atomic mass is 10.2. The molecule has 1 aliphatic rings. The topological polar surface area (TPSA) is 61.0 Å². The quantitative estimate of drug-likeness (QED) is 0.909. The molecule has 3 rings (SSSR count). The zero-order chi connectivity index (χ0) is 14.1. The third-order valence-corrected chi connectivity index (χ3v) is 5.02. The lowest BCUT2D eigenvalue weighted by Gasteiger charge is -2.26. The number of aryl methyl sites for hydroxylation is 2. The maximum absolute atomic E-state index is 12.2. The van der Waals surface area contributed by atoms with Crippen molar-refractivity contribution in [3.05, 3.63) is 26.6 Å². The number of H-pyrrole nitrogens is 1. The lowest BCUT2D eigenvalue weighted by molar-refractivity contribution is 0.149. The molecule has 0 saturated carbocycles. The van der Waals surface area contributed by atoms with Crippen molar-refractivity contribution in [2.24, 2.45) is 0 Å². The van der Waals surface area contributed by atoms with Crippen LogP contribution in [-0.4, -0.2) is 28.1 Å². The number of nitrogens with one attached hydrogen (secondary N) is 2. The summed E-state index contributed by atoms with van der Waals surface area (Å²) >= 11 is 1.60. The molecule has 0 aliphatic carbocycles. The number of rotatable bonds is 3. The summed E-state index contributed by atoms with van der Waals surface area (Å²) in [6, 6.07) is 0. The summed E-state index contributed by atoms with van der Waals surface area (Å²) in [6.07, 6.45) is 3.78. The average molecular weight is 292 g/mol. The second-order valence-electron chi connectivity index (χ2n) is 5.36. The van der Waals surface area contributed by atoms with E-state index in [0.717, 1.165) is 28.9 Å². The highest BCUT2D eigenvalue weighted by Crippen LogP contribution is 2.25. The molecule has 0 radical (unpaired) electrons. The van der Waals surface area contributed by atoms with Gasteiger partial charge in [0.2, 0.25) is 0 Å². The Kier molecular flexibility index (Phi) is 3.87. The van der Waals surface area contributed by atoms with Crippen molar-refractivity contribution < 1.29 is 0 Å². The first-order chi connectivity index (χ1) is 9.65. The predicted octanol–water partition coefficient (Wildman–Crippen LogP) is 2.09. The first-order valence-electron chi connectivity index (χ1n) is 7.12. The van der Waals surface area contributed by atoms with Gasteiger partial charge < -0.3 is 4.98 Å². The van der Waals surface area contributed by atoms with Gasteiger partial charge >= 0.3 is 0 Å². The molecule has 0 atom stereocenters. The second kappa shape index (κ2) is 5.63. The SMILES string of the molecule is Cc1sc2nc(CNN3CCCCC3)[nH]c(=O)c2c1C. The van der Waals surface area contributed by atoms with E-state index in [9.17, 15) is 4.79 Å². The minimum absolute atomic E-state index is 0.0210. The van der Waals surface area contributed by atoms with Crippen LogP contribution in [0.3, 0.4) is 0 Å². The fourth-order valence-electron chi connectivity index (χ4n) is 2.62. The number of hydrogen-bond acceptors (Lipinski definition) is 5. The van der Waals surface area contributed by atoms with E-state index in [2.05, 4.69) is 20.4 Å². The predicted molar refractivity (Wildman–Crippen MR) is 82.0 cm³/mol. The lowest BCUT2D eigenvalue weighted by Crippen LogP contribution is -2.41. The number of aromatic amines is 1. The van der Waals surface area contributed by atoms with Crippen LogP contribution in [0, 0.1) is 13.8 Å². The van der Waals surface area contributed by atoms with Gasteiger partial charge in [-0.2, -0.15) is 0 Å². The van der Waals surface area contributed by atoms with Crippen LogP contribution >= 0.6 is 11.3 Å². The number of thiophene rings is 1. The van der Waals surface area contributed by atoms with E-state index in [1.807, 2.05) is 13.8 Å². The van der Waals surface area contributed by atoms with Crippen LogP contribution in [0.5, 0.6) is 0 Å². The van der Waals surface area contributed by atoms with Crippen molar-refractivity contribution in [3.63, 3.8) is 0 Å². The Morgan fingerprint density at radius 2 is 2.05 bits per heavy atom. The molecule has 0 spiro atoms. The smallest absolute Gasteiger partial charge is 0.259 e. The van der Waals surface area contributed by atoms with E-state index < -0.39 is 0 Å². The Morgan fingerprint density at radius 3 is 2.80 bits per heavy atom. The van der Waals surface area contributed by atoms with Gasteiger partial charge in [0.15, 0.2) is 0 Å². The van der Waals surface area contributed by atoms with Crippen LogP contribution in [0.1, 0.15) is 35.5 Å². The fourth-order valence-corrected chi connectivity index (χ4v) is 3.67. The molecule has 2 aromatic rings. The molecule has 5 nitrogen and oxygen atoms in total. The van der Waals surface area contributed by atoms with E-state index in [0.29, 0.717) is 12.4 Å². The molecule has 1 saturated heterocycles. The van der Waals surface area contributed by atoms with Crippen LogP contribution in [0.2, 0.25) is 0 Å². The van der Waals surface area contributed by atoms with E-state index >= 15 is 0 Å². The Bertz CT molecular complexity index is 670. The summed E-state index contributed by atoms with van der Waals surface area (Å²) in [5.74, 6) is 0.717. The van der Waals surface area contributed by atoms with E-state index in [1.165, 1.54) is 24.1 Å². The molecule has 3 heterocycles. The number of aromatic nitrogens is 2. The van der Waals surface area contributed by atoms with Crippen molar-refractivity contribution in [2.75, 3.05) is 13.1 Å². The molecule has 6 heteroatoms. The number of hydrogen-bond donors (Lipinski definition) is 2. The van der Waals surface area contributed by atoms with Gasteiger partial charge in [0.05, 0.1) is 11.9 Å². The fraction of sp³-hybridized carbons (Fsp3) is 0.571. The molecule has 0 amide bonds. The summed E-state index contributed by atoms with van der Waals surface area (Å²) in [7, 11) is 0. The zero-order valence-corrected chi connectivity index (χ0v) is 12.8. The normalized spacial score (nSPS) is 16.9. The Hall–Kier alpha value is -1.24. The van der Waals surface area contributed by atoms with Gasteiger partial charge in [-0.3, -0.25) is 4.79 Å². The number of piperidine rings is 1. The maximum Gasteiger partial charge on any atom is 0.259 e.